The van der Waals surface area contributed by atoms with Crippen LogP contribution in [0, 0.1) is 30.9 Å². The summed E-state index contributed by atoms with van der Waals surface area (Å²) in [5.41, 5.74) is 0.519. The van der Waals surface area contributed by atoms with Gasteiger partial charge >= 0.3 is 5.69 Å². The van der Waals surface area contributed by atoms with Gasteiger partial charge in [-0.05, 0) is 20.8 Å². The lowest BCUT2D eigenvalue weighted by Gasteiger charge is -2.02. The number of pyridine rings is 1. The number of aryl methyl sites for hydroxylation is 2. The highest BCUT2D eigenvalue weighted by atomic mass is 16.6. The summed E-state index contributed by atoms with van der Waals surface area (Å²) in [5.74, 6) is 0. The monoisotopic (exact) mass is 212 g/mol. The largest absolute Gasteiger partial charge is 0.357 e. The zero-order valence-corrected chi connectivity index (χ0v) is 9.67. The predicted octanol–water partition coefficient (Wildman–Crippen LogP) is 2.23. The molecule has 0 amide bonds. The summed E-state index contributed by atoms with van der Waals surface area (Å²) < 4.78 is 0. The quantitative estimate of drug-likeness (QED) is 0.572. The first-order valence-electron chi connectivity index (χ1n) is 4.79. The first-order valence-corrected chi connectivity index (χ1v) is 4.79. The third-order valence-electron chi connectivity index (χ3n) is 2.03. The zero-order valence-electron chi connectivity index (χ0n) is 9.67. The van der Waals surface area contributed by atoms with E-state index in [1.807, 2.05) is 13.8 Å². The van der Waals surface area contributed by atoms with Crippen molar-refractivity contribution < 1.29 is 4.92 Å². The van der Waals surface area contributed by atoms with Crippen molar-refractivity contribution in [2.45, 2.75) is 34.6 Å². The molecule has 0 atom stereocenters. The van der Waals surface area contributed by atoms with Gasteiger partial charge < -0.3 is 4.98 Å². The van der Waals surface area contributed by atoms with Gasteiger partial charge in [0.1, 0.15) is 0 Å². The lowest BCUT2D eigenvalue weighted by atomic mass is 10.2. The lowest BCUT2D eigenvalue weighted by molar-refractivity contribution is -0.386. The van der Waals surface area contributed by atoms with Gasteiger partial charge in [-0.2, -0.15) is 0 Å². The molecule has 0 aliphatic heterocycles. The molecule has 15 heavy (non-hydrogen) atoms. The van der Waals surface area contributed by atoms with E-state index in [4.69, 9.17) is 0 Å². The molecule has 0 spiro atoms. The van der Waals surface area contributed by atoms with Gasteiger partial charge in [-0.25, -0.2) is 0 Å². The van der Waals surface area contributed by atoms with Gasteiger partial charge in [0.05, 0.1) is 10.6 Å². The van der Waals surface area contributed by atoms with E-state index >= 15 is 0 Å². The number of aromatic nitrogens is 1. The highest BCUT2D eigenvalue weighted by Crippen LogP contribution is 2.11. The lowest BCUT2D eigenvalue weighted by Crippen LogP contribution is -2.15. The number of hydrogen-bond donors (Lipinski definition) is 1. The maximum absolute atomic E-state index is 11.4. The third-order valence-corrected chi connectivity index (χ3v) is 2.03. The van der Waals surface area contributed by atoms with Crippen molar-refractivity contribution in [3.8, 4) is 0 Å². The molecule has 0 radical (unpaired) electrons. The molecule has 5 heteroatoms. The summed E-state index contributed by atoms with van der Waals surface area (Å²) >= 11 is 0. The van der Waals surface area contributed by atoms with Crippen LogP contribution in [0.4, 0.5) is 5.69 Å². The Bertz CT molecular complexity index is 421. The van der Waals surface area contributed by atoms with Crippen LogP contribution in [-0.4, -0.2) is 9.91 Å². The minimum absolute atomic E-state index is 0.304. The van der Waals surface area contributed by atoms with Crippen LogP contribution in [0.1, 0.15) is 30.8 Å². The average molecular weight is 212 g/mol. The number of hydrogen-bond acceptors (Lipinski definition) is 3. The van der Waals surface area contributed by atoms with Gasteiger partial charge in [0.2, 0.25) is 0 Å². The second-order valence-electron chi connectivity index (χ2n) is 2.93. The number of nitrogens with one attached hydrogen (secondary N) is 1. The SMILES string of the molecule is CC.Cc1[nH]c(C)c([N+](=O)[O-])c(=O)c1C. The van der Waals surface area contributed by atoms with E-state index in [2.05, 4.69) is 4.98 Å². The standard InChI is InChI=1S/C8H10N2O3.C2H6/c1-4-5(2)9-6(3)7(8(4)11)10(12)13;1-2/h1-3H3,(H,9,11);1-2H3. The van der Waals surface area contributed by atoms with Crippen molar-refractivity contribution in [1.82, 2.24) is 4.98 Å². The molecule has 0 saturated heterocycles. The molecule has 1 aromatic heterocycles. The number of H-pyrrole nitrogens is 1. The molecule has 0 aliphatic carbocycles. The number of nitrogens with zero attached hydrogens (tertiary/aromatic N) is 1. The fraction of sp³-hybridized carbons (Fsp3) is 0.500. The number of aromatic amines is 1. The van der Waals surface area contributed by atoms with Gasteiger partial charge in [-0.15, -0.1) is 0 Å². The fourth-order valence-electron chi connectivity index (χ4n) is 1.17. The first-order chi connectivity index (χ1) is 6.95. The van der Waals surface area contributed by atoms with Gasteiger partial charge in [-0.1, -0.05) is 13.8 Å². The molecule has 0 unspecified atom stereocenters. The van der Waals surface area contributed by atoms with E-state index in [1.54, 1.807) is 13.8 Å². The predicted molar refractivity (Wildman–Crippen MR) is 59.3 cm³/mol. The summed E-state index contributed by atoms with van der Waals surface area (Å²) in [7, 11) is 0. The van der Waals surface area contributed by atoms with Crippen LogP contribution in [-0.2, 0) is 0 Å². The Labute approximate surface area is 88.3 Å². The van der Waals surface area contributed by atoms with Crippen LogP contribution in [0.2, 0.25) is 0 Å². The van der Waals surface area contributed by atoms with Crippen molar-refractivity contribution in [2.75, 3.05) is 0 Å². The summed E-state index contributed by atoms with van der Waals surface area (Å²) in [6.07, 6.45) is 0. The molecular weight excluding hydrogens is 196 g/mol. The molecule has 1 N–H and O–H groups in total. The van der Waals surface area contributed by atoms with Crippen molar-refractivity contribution >= 4 is 5.69 Å². The highest BCUT2D eigenvalue weighted by Gasteiger charge is 2.18. The minimum atomic E-state index is -0.652. The molecule has 1 aromatic rings. The van der Waals surface area contributed by atoms with E-state index in [9.17, 15) is 14.9 Å². The van der Waals surface area contributed by atoms with Gasteiger partial charge in [0.15, 0.2) is 0 Å². The first kappa shape index (κ1) is 13.4. The minimum Gasteiger partial charge on any atom is -0.357 e. The Hall–Kier alpha value is -1.65. The zero-order chi connectivity index (χ0) is 12.2. The van der Waals surface area contributed by atoms with Crippen LogP contribution in [0.25, 0.3) is 0 Å². The smallest absolute Gasteiger partial charge is 0.335 e. The fourth-order valence-corrected chi connectivity index (χ4v) is 1.17. The van der Waals surface area contributed by atoms with Crippen molar-refractivity contribution in [1.29, 1.82) is 0 Å². The Balaban J connectivity index is 0.000000921. The van der Waals surface area contributed by atoms with Crippen LogP contribution >= 0.6 is 0 Å². The Morgan fingerprint density at radius 2 is 1.60 bits per heavy atom. The van der Waals surface area contributed by atoms with Crippen LogP contribution in [0.3, 0.4) is 0 Å². The average Bonchev–Trinajstić information content (AvgIpc) is 2.17. The van der Waals surface area contributed by atoms with E-state index in [1.165, 1.54) is 6.92 Å². The molecule has 1 heterocycles. The van der Waals surface area contributed by atoms with Crippen molar-refractivity contribution in [3.05, 3.63) is 37.3 Å². The van der Waals surface area contributed by atoms with Crippen LogP contribution < -0.4 is 5.43 Å². The van der Waals surface area contributed by atoms with E-state index in [0.717, 1.165) is 0 Å². The van der Waals surface area contributed by atoms with Crippen molar-refractivity contribution in [3.63, 3.8) is 0 Å². The maximum Gasteiger partial charge on any atom is 0.335 e. The second-order valence-corrected chi connectivity index (χ2v) is 2.93. The molecule has 0 bridgehead atoms. The van der Waals surface area contributed by atoms with E-state index < -0.39 is 10.4 Å². The summed E-state index contributed by atoms with van der Waals surface area (Å²) in [5, 5.41) is 10.5. The van der Waals surface area contributed by atoms with E-state index in [0.29, 0.717) is 17.0 Å². The second kappa shape index (κ2) is 5.29. The maximum atomic E-state index is 11.4. The molecular formula is C10H16N2O3. The molecule has 84 valence electrons. The summed E-state index contributed by atoms with van der Waals surface area (Å²) in [4.78, 5) is 24.0. The Kier molecular flexibility index (Phi) is 4.70. The number of rotatable bonds is 1. The Morgan fingerprint density at radius 1 is 1.13 bits per heavy atom. The molecule has 0 saturated carbocycles. The van der Waals surface area contributed by atoms with Gasteiger partial charge in [0, 0.05) is 11.3 Å². The number of nitro groups is 1. The molecule has 0 fully saturated rings. The molecule has 0 aromatic carbocycles. The highest BCUT2D eigenvalue weighted by molar-refractivity contribution is 5.39. The summed E-state index contributed by atoms with van der Waals surface area (Å²) in [6, 6.07) is 0. The van der Waals surface area contributed by atoms with Crippen LogP contribution in [0.5, 0.6) is 0 Å². The molecule has 0 aliphatic rings. The topological polar surface area (TPSA) is 76.0 Å². The molecule has 1 rings (SSSR count). The summed E-state index contributed by atoms with van der Waals surface area (Å²) in [6.45, 7) is 8.81. The third kappa shape index (κ3) is 2.65. The van der Waals surface area contributed by atoms with E-state index in [-0.39, 0.29) is 5.69 Å². The molecule has 5 nitrogen and oxygen atoms in total. The Morgan fingerprint density at radius 3 is 2.00 bits per heavy atom. The van der Waals surface area contributed by atoms with Gasteiger partial charge in [-0.3, -0.25) is 14.9 Å². The normalized spacial score (nSPS) is 9.13. The van der Waals surface area contributed by atoms with Crippen molar-refractivity contribution in [2.24, 2.45) is 0 Å². The van der Waals surface area contributed by atoms with Crippen LogP contribution in [0.15, 0.2) is 4.79 Å². The van der Waals surface area contributed by atoms with Gasteiger partial charge in [0.25, 0.3) is 5.43 Å².